The third-order valence-electron chi connectivity index (χ3n) is 1.41. The highest BCUT2D eigenvalue weighted by Gasteiger charge is 1.98. The molecule has 0 aliphatic heterocycles. The zero-order valence-corrected chi connectivity index (χ0v) is 8.56. The molecular formula is C10H14OS. The van der Waals surface area contributed by atoms with Gasteiger partial charge in [-0.1, -0.05) is 0 Å². The van der Waals surface area contributed by atoms with Crippen LogP contribution in [0.1, 0.15) is 19.4 Å². The highest BCUT2D eigenvalue weighted by molar-refractivity contribution is 7.80. The van der Waals surface area contributed by atoms with E-state index in [0.717, 1.165) is 10.6 Å². The average molecular weight is 182 g/mol. The normalized spacial score (nSPS) is 10.4. The zero-order valence-electron chi connectivity index (χ0n) is 7.66. The Bertz CT molecular complexity index is 248. The van der Waals surface area contributed by atoms with Crippen molar-refractivity contribution >= 4 is 12.6 Å². The van der Waals surface area contributed by atoms with E-state index >= 15 is 0 Å². The first kappa shape index (κ1) is 9.46. The summed E-state index contributed by atoms with van der Waals surface area (Å²) in [5.74, 6) is 0.898. The van der Waals surface area contributed by atoms with E-state index in [0.29, 0.717) is 0 Å². The average Bonchev–Trinajstić information content (AvgIpc) is 1.81. The largest absolute Gasteiger partial charge is 0.491 e. The number of ether oxygens (including phenoxy) is 1. The molecule has 0 saturated heterocycles. The lowest BCUT2D eigenvalue weighted by molar-refractivity contribution is 0.242. The topological polar surface area (TPSA) is 9.23 Å². The highest BCUT2D eigenvalue weighted by Crippen LogP contribution is 2.20. The lowest BCUT2D eigenvalue weighted by atomic mass is 10.2. The molecular weight excluding hydrogens is 168 g/mol. The molecule has 0 aromatic heterocycles. The number of benzene rings is 1. The molecule has 0 N–H and O–H groups in total. The van der Waals surface area contributed by atoms with Gasteiger partial charge in [0.1, 0.15) is 5.75 Å². The van der Waals surface area contributed by atoms with Gasteiger partial charge in [-0.3, -0.25) is 0 Å². The van der Waals surface area contributed by atoms with Crippen LogP contribution in [-0.4, -0.2) is 6.10 Å². The van der Waals surface area contributed by atoms with E-state index in [1.165, 1.54) is 5.56 Å². The number of hydrogen-bond donors (Lipinski definition) is 1. The Morgan fingerprint density at radius 1 is 1.25 bits per heavy atom. The van der Waals surface area contributed by atoms with Crippen molar-refractivity contribution in [1.82, 2.24) is 0 Å². The van der Waals surface area contributed by atoms with Gasteiger partial charge < -0.3 is 4.74 Å². The molecule has 1 nitrogen and oxygen atoms in total. The van der Waals surface area contributed by atoms with Crippen molar-refractivity contribution in [3.8, 4) is 5.75 Å². The maximum Gasteiger partial charge on any atom is 0.121 e. The van der Waals surface area contributed by atoms with E-state index in [1.807, 2.05) is 39.0 Å². The minimum Gasteiger partial charge on any atom is -0.491 e. The Hall–Kier alpha value is -0.630. The fourth-order valence-corrected chi connectivity index (χ4v) is 1.40. The van der Waals surface area contributed by atoms with Crippen LogP contribution in [0.2, 0.25) is 0 Å². The quantitative estimate of drug-likeness (QED) is 0.691. The van der Waals surface area contributed by atoms with Crippen molar-refractivity contribution in [2.45, 2.75) is 31.8 Å². The molecule has 0 aliphatic rings. The Balaban J connectivity index is 2.85. The molecule has 2 heteroatoms. The molecule has 0 fully saturated rings. The molecule has 0 radical (unpaired) electrons. The highest BCUT2D eigenvalue weighted by atomic mass is 32.1. The predicted octanol–water partition coefficient (Wildman–Crippen LogP) is 3.07. The Morgan fingerprint density at radius 3 is 2.42 bits per heavy atom. The van der Waals surface area contributed by atoms with E-state index in [1.54, 1.807) is 0 Å². The monoisotopic (exact) mass is 182 g/mol. The smallest absolute Gasteiger partial charge is 0.121 e. The molecule has 0 aliphatic carbocycles. The summed E-state index contributed by atoms with van der Waals surface area (Å²) in [6, 6.07) is 5.95. The Labute approximate surface area is 79.2 Å². The van der Waals surface area contributed by atoms with E-state index < -0.39 is 0 Å². The van der Waals surface area contributed by atoms with Crippen LogP contribution in [0.15, 0.2) is 23.1 Å². The van der Waals surface area contributed by atoms with Gasteiger partial charge in [0, 0.05) is 4.90 Å². The molecule has 1 rings (SSSR count). The first-order valence-electron chi connectivity index (χ1n) is 4.05. The van der Waals surface area contributed by atoms with Gasteiger partial charge in [-0.05, 0) is 44.5 Å². The Morgan fingerprint density at radius 2 is 1.92 bits per heavy atom. The van der Waals surface area contributed by atoms with Crippen LogP contribution in [0.5, 0.6) is 5.75 Å². The van der Waals surface area contributed by atoms with Gasteiger partial charge in [-0.25, -0.2) is 0 Å². The lowest BCUT2D eigenvalue weighted by Gasteiger charge is -2.10. The summed E-state index contributed by atoms with van der Waals surface area (Å²) in [6.07, 6.45) is 0.222. The van der Waals surface area contributed by atoms with Crippen LogP contribution in [-0.2, 0) is 0 Å². The summed E-state index contributed by atoms with van der Waals surface area (Å²) in [7, 11) is 0. The van der Waals surface area contributed by atoms with E-state index in [4.69, 9.17) is 4.74 Å². The summed E-state index contributed by atoms with van der Waals surface area (Å²) in [5, 5.41) is 0. The van der Waals surface area contributed by atoms with Gasteiger partial charge in [0.05, 0.1) is 6.10 Å². The van der Waals surface area contributed by atoms with Gasteiger partial charge in [0.2, 0.25) is 0 Å². The van der Waals surface area contributed by atoms with Gasteiger partial charge >= 0.3 is 0 Å². The zero-order chi connectivity index (χ0) is 9.14. The molecule has 0 spiro atoms. The number of rotatable bonds is 2. The molecule has 0 amide bonds. The second kappa shape index (κ2) is 3.85. The van der Waals surface area contributed by atoms with E-state index in [-0.39, 0.29) is 6.10 Å². The van der Waals surface area contributed by atoms with Gasteiger partial charge in [-0.2, -0.15) is 0 Å². The maximum absolute atomic E-state index is 5.53. The third-order valence-corrected chi connectivity index (χ3v) is 1.67. The second-order valence-corrected chi connectivity index (χ2v) is 3.69. The Kier molecular flexibility index (Phi) is 3.04. The van der Waals surface area contributed by atoms with Crippen molar-refractivity contribution in [2.75, 3.05) is 0 Å². The van der Waals surface area contributed by atoms with Crippen molar-refractivity contribution in [3.05, 3.63) is 23.8 Å². The van der Waals surface area contributed by atoms with Crippen LogP contribution >= 0.6 is 12.6 Å². The fraction of sp³-hybridized carbons (Fsp3) is 0.400. The minimum absolute atomic E-state index is 0.222. The molecule has 0 bridgehead atoms. The second-order valence-electron chi connectivity index (χ2n) is 3.17. The van der Waals surface area contributed by atoms with Gasteiger partial charge in [0.25, 0.3) is 0 Å². The number of hydrogen-bond acceptors (Lipinski definition) is 2. The summed E-state index contributed by atoms with van der Waals surface area (Å²) in [6.45, 7) is 6.06. The van der Waals surface area contributed by atoms with Crippen molar-refractivity contribution in [3.63, 3.8) is 0 Å². The number of thiol groups is 1. The molecule has 66 valence electrons. The lowest BCUT2D eigenvalue weighted by Crippen LogP contribution is -2.05. The molecule has 0 unspecified atom stereocenters. The van der Waals surface area contributed by atoms with Crippen LogP contribution < -0.4 is 4.74 Å². The third kappa shape index (κ3) is 2.78. The van der Waals surface area contributed by atoms with Crippen LogP contribution in [0.25, 0.3) is 0 Å². The molecule has 0 atom stereocenters. The van der Waals surface area contributed by atoms with Crippen LogP contribution in [0, 0.1) is 6.92 Å². The molecule has 1 aromatic rings. The van der Waals surface area contributed by atoms with E-state index in [9.17, 15) is 0 Å². The summed E-state index contributed by atoms with van der Waals surface area (Å²) in [4.78, 5) is 0.950. The molecule has 12 heavy (non-hydrogen) atoms. The first-order chi connectivity index (χ1) is 5.58. The van der Waals surface area contributed by atoms with Crippen molar-refractivity contribution in [1.29, 1.82) is 0 Å². The summed E-state index contributed by atoms with van der Waals surface area (Å²) >= 11 is 4.27. The maximum atomic E-state index is 5.53. The van der Waals surface area contributed by atoms with Crippen LogP contribution in [0.3, 0.4) is 0 Å². The standard InChI is InChI=1S/C10H14OS/c1-7(2)11-9-4-8(3)5-10(12)6-9/h4-7,12H,1-3H3. The molecule has 0 saturated carbocycles. The molecule has 1 aromatic carbocycles. The minimum atomic E-state index is 0.222. The van der Waals surface area contributed by atoms with Gasteiger partial charge in [0.15, 0.2) is 0 Å². The number of aryl methyl sites for hydroxylation is 1. The fourth-order valence-electron chi connectivity index (χ4n) is 1.07. The molecule has 0 heterocycles. The first-order valence-corrected chi connectivity index (χ1v) is 4.50. The SMILES string of the molecule is Cc1cc(S)cc(OC(C)C)c1. The van der Waals surface area contributed by atoms with Gasteiger partial charge in [-0.15, -0.1) is 12.6 Å². The van der Waals surface area contributed by atoms with Crippen molar-refractivity contribution < 1.29 is 4.74 Å². The van der Waals surface area contributed by atoms with Crippen molar-refractivity contribution in [2.24, 2.45) is 0 Å². The summed E-state index contributed by atoms with van der Waals surface area (Å²) < 4.78 is 5.53. The summed E-state index contributed by atoms with van der Waals surface area (Å²) in [5.41, 5.74) is 1.18. The predicted molar refractivity (Wildman–Crippen MR) is 54.2 cm³/mol. The van der Waals surface area contributed by atoms with Crippen LogP contribution in [0.4, 0.5) is 0 Å². The van der Waals surface area contributed by atoms with E-state index in [2.05, 4.69) is 12.6 Å².